The highest BCUT2D eigenvalue weighted by atomic mass is 32.1. The number of nitrogens with zero attached hydrogens (tertiary/aromatic N) is 1. The van der Waals surface area contributed by atoms with Crippen LogP contribution >= 0.6 is 11.3 Å². The van der Waals surface area contributed by atoms with E-state index in [2.05, 4.69) is 5.32 Å². The van der Waals surface area contributed by atoms with Crippen LogP contribution in [0, 0.1) is 25.2 Å². The van der Waals surface area contributed by atoms with E-state index in [0.29, 0.717) is 21.9 Å². The van der Waals surface area contributed by atoms with Gasteiger partial charge in [-0.05, 0) is 64.0 Å². The van der Waals surface area contributed by atoms with Crippen LogP contribution < -0.4 is 10.1 Å². The van der Waals surface area contributed by atoms with Crippen molar-refractivity contribution in [3.63, 3.8) is 0 Å². The highest BCUT2D eigenvalue weighted by Crippen LogP contribution is 2.33. The number of anilines is 1. The fourth-order valence-electron chi connectivity index (χ4n) is 2.56. The summed E-state index contributed by atoms with van der Waals surface area (Å²) in [6.45, 7) is 9.49. The van der Waals surface area contributed by atoms with Gasteiger partial charge in [0.25, 0.3) is 5.91 Å². The van der Waals surface area contributed by atoms with Crippen LogP contribution in [0.2, 0.25) is 0 Å². The van der Waals surface area contributed by atoms with Gasteiger partial charge < -0.3 is 14.8 Å². The highest BCUT2D eigenvalue weighted by Gasteiger charge is 2.23. The quantitative estimate of drug-likeness (QED) is 0.398. The third-order valence-electron chi connectivity index (χ3n) is 4.02. The number of carbonyl (C=O) groups is 2. The number of nitriles is 1. The normalized spacial score (nSPS) is 11.1. The van der Waals surface area contributed by atoms with E-state index in [1.807, 2.05) is 26.8 Å². The Morgan fingerprint density at radius 1 is 1.24 bits per heavy atom. The molecule has 0 saturated heterocycles. The van der Waals surface area contributed by atoms with E-state index >= 15 is 0 Å². The maximum Gasteiger partial charge on any atom is 0.341 e. The van der Waals surface area contributed by atoms with Crippen molar-refractivity contribution in [1.82, 2.24) is 0 Å². The molecule has 0 fully saturated rings. The van der Waals surface area contributed by atoms with Gasteiger partial charge in [0, 0.05) is 4.88 Å². The predicted molar refractivity (Wildman–Crippen MR) is 114 cm³/mol. The first kappa shape index (κ1) is 22.2. The van der Waals surface area contributed by atoms with Crippen LogP contribution in [0.3, 0.4) is 0 Å². The molecule has 1 aromatic carbocycles. The average Bonchev–Trinajstić information content (AvgIpc) is 2.94. The van der Waals surface area contributed by atoms with Crippen LogP contribution in [0.5, 0.6) is 5.75 Å². The summed E-state index contributed by atoms with van der Waals surface area (Å²) < 4.78 is 10.7. The molecular formula is C22H24N2O4S. The molecule has 0 atom stereocenters. The van der Waals surface area contributed by atoms with Crippen LogP contribution in [0.25, 0.3) is 6.08 Å². The average molecular weight is 413 g/mol. The zero-order chi connectivity index (χ0) is 21.6. The SMILES string of the molecule is CCOC(=O)c1c(NC(=O)/C(C#N)=C/c2ccc(OC(C)C)cc2)sc(C)c1C. The molecule has 0 unspecified atom stereocenters. The number of aryl methyl sites for hydroxylation is 1. The van der Waals surface area contributed by atoms with Crippen LogP contribution in [0.15, 0.2) is 29.8 Å². The lowest BCUT2D eigenvalue weighted by Gasteiger charge is -2.09. The number of nitrogens with one attached hydrogen (secondary N) is 1. The molecule has 0 saturated carbocycles. The molecule has 0 aliphatic rings. The summed E-state index contributed by atoms with van der Waals surface area (Å²) in [5.74, 6) is -0.363. The Balaban J connectivity index is 2.25. The molecule has 2 rings (SSSR count). The van der Waals surface area contributed by atoms with Crippen LogP contribution in [0.1, 0.15) is 47.1 Å². The fraction of sp³-hybridized carbons (Fsp3) is 0.318. The van der Waals surface area contributed by atoms with Crippen molar-refractivity contribution in [2.24, 2.45) is 0 Å². The smallest absolute Gasteiger partial charge is 0.341 e. The third-order valence-corrected chi connectivity index (χ3v) is 5.14. The Labute approximate surface area is 174 Å². The maximum absolute atomic E-state index is 12.6. The standard InChI is InChI=1S/C22H24N2O4S/c1-6-27-22(26)19-14(4)15(5)29-21(19)24-20(25)17(12-23)11-16-7-9-18(10-8-16)28-13(2)3/h7-11,13H,6H2,1-5H3,(H,24,25)/b17-11+. The van der Waals surface area contributed by atoms with Gasteiger partial charge in [-0.25, -0.2) is 4.79 Å². The van der Waals surface area contributed by atoms with Crippen LogP contribution in [0.4, 0.5) is 5.00 Å². The van der Waals surface area contributed by atoms with Gasteiger partial charge in [-0.3, -0.25) is 4.79 Å². The van der Waals surface area contributed by atoms with Crippen molar-refractivity contribution < 1.29 is 19.1 Å². The van der Waals surface area contributed by atoms with Crippen molar-refractivity contribution in [1.29, 1.82) is 5.26 Å². The first-order chi connectivity index (χ1) is 13.8. The molecule has 7 heteroatoms. The highest BCUT2D eigenvalue weighted by molar-refractivity contribution is 7.16. The Kier molecular flexibility index (Phi) is 7.57. The minimum Gasteiger partial charge on any atom is -0.491 e. The van der Waals surface area contributed by atoms with Crippen molar-refractivity contribution in [2.75, 3.05) is 11.9 Å². The zero-order valence-corrected chi connectivity index (χ0v) is 18.0. The van der Waals surface area contributed by atoms with Crippen molar-refractivity contribution in [3.8, 4) is 11.8 Å². The minimum absolute atomic E-state index is 0.0585. The van der Waals surface area contributed by atoms with Gasteiger partial charge in [-0.15, -0.1) is 11.3 Å². The number of ether oxygens (including phenoxy) is 2. The number of esters is 1. The second kappa shape index (κ2) is 9.89. The minimum atomic E-state index is -0.582. The number of carbonyl (C=O) groups excluding carboxylic acids is 2. The van der Waals surface area contributed by atoms with Crippen LogP contribution in [-0.4, -0.2) is 24.6 Å². The third kappa shape index (κ3) is 5.69. The first-order valence-corrected chi connectivity index (χ1v) is 10.0. The van der Waals surface area contributed by atoms with E-state index in [1.54, 1.807) is 38.1 Å². The second-order valence-electron chi connectivity index (χ2n) is 6.57. The Morgan fingerprint density at radius 3 is 2.45 bits per heavy atom. The molecule has 1 heterocycles. The van der Waals surface area contributed by atoms with E-state index in [9.17, 15) is 14.9 Å². The van der Waals surface area contributed by atoms with Gasteiger partial charge in [0.2, 0.25) is 0 Å². The largest absolute Gasteiger partial charge is 0.491 e. The number of benzene rings is 1. The molecule has 152 valence electrons. The molecular weight excluding hydrogens is 388 g/mol. The van der Waals surface area contributed by atoms with Gasteiger partial charge in [0.05, 0.1) is 18.3 Å². The molecule has 6 nitrogen and oxygen atoms in total. The summed E-state index contributed by atoms with van der Waals surface area (Å²) in [6, 6.07) is 9.02. The van der Waals surface area contributed by atoms with E-state index in [4.69, 9.17) is 9.47 Å². The van der Waals surface area contributed by atoms with E-state index < -0.39 is 11.9 Å². The van der Waals surface area contributed by atoms with E-state index in [0.717, 1.165) is 10.4 Å². The Bertz CT molecular complexity index is 966. The molecule has 0 bridgehead atoms. The molecule has 1 amide bonds. The summed E-state index contributed by atoms with van der Waals surface area (Å²) >= 11 is 1.28. The fourth-order valence-corrected chi connectivity index (χ4v) is 3.61. The van der Waals surface area contributed by atoms with E-state index in [-0.39, 0.29) is 18.3 Å². The number of amides is 1. The number of rotatable bonds is 7. The molecule has 1 aromatic heterocycles. The lowest BCUT2D eigenvalue weighted by atomic mass is 10.1. The number of hydrogen-bond acceptors (Lipinski definition) is 6. The Morgan fingerprint density at radius 2 is 1.90 bits per heavy atom. The predicted octanol–water partition coefficient (Wildman–Crippen LogP) is 4.87. The molecule has 0 spiro atoms. The zero-order valence-electron chi connectivity index (χ0n) is 17.2. The number of hydrogen-bond donors (Lipinski definition) is 1. The summed E-state index contributed by atoms with van der Waals surface area (Å²) in [6.07, 6.45) is 1.55. The molecule has 0 radical (unpaired) electrons. The first-order valence-electron chi connectivity index (χ1n) is 9.23. The van der Waals surface area contributed by atoms with Gasteiger partial charge in [-0.1, -0.05) is 12.1 Å². The molecule has 29 heavy (non-hydrogen) atoms. The van der Waals surface area contributed by atoms with Crippen LogP contribution in [-0.2, 0) is 9.53 Å². The summed E-state index contributed by atoms with van der Waals surface area (Å²) in [7, 11) is 0. The summed E-state index contributed by atoms with van der Waals surface area (Å²) in [5.41, 5.74) is 1.71. The second-order valence-corrected chi connectivity index (χ2v) is 7.79. The molecule has 1 N–H and O–H groups in total. The van der Waals surface area contributed by atoms with Gasteiger partial charge >= 0.3 is 5.97 Å². The van der Waals surface area contributed by atoms with Crippen molar-refractivity contribution in [2.45, 2.75) is 40.7 Å². The molecule has 0 aliphatic carbocycles. The maximum atomic E-state index is 12.6. The lowest BCUT2D eigenvalue weighted by Crippen LogP contribution is -2.16. The lowest BCUT2D eigenvalue weighted by molar-refractivity contribution is -0.112. The summed E-state index contributed by atoms with van der Waals surface area (Å²) in [5, 5.41) is 12.5. The molecule has 0 aliphatic heterocycles. The van der Waals surface area contributed by atoms with Crippen molar-refractivity contribution >= 4 is 34.3 Å². The topological polar surface area (TPSA) is 88.4 Å². The van der Waals surface area contributed by atoms with E-state index in [1.165, 1.54) is 17.4 Å². The number of thiophene rings is 1. The van der Waals surface area contributed by atoms with Crippen molar-refractivity contribution in [3.05, 3.63) is 51.4 Å². The van der Waals surface area contributed by atoms with Gasteiger partial charge in [0.1, 0.15) is 22.4 Å². The van der Waals surface area contributed by atoms with Gasteiger partial charge in [-0.2, -0.15) is 5.26 Å². The van der Waals surface area contributed by atoms with Gasteiger partial charge in [0.15, 0.2) is 0 Å². The monoisotopic (exact) mass is 412 g/mol. The Hall–Kier alpha value is -3.11. The summed E-state index contributed by atoms with van der Waals surface area (Å²) in [4.78, 5) is 25.8. The molecule has 2 aromatic rings.